The summed E-state index contributed by atoms with van der Waals surface area (Å²) in [5.74, 6) is 0.819. The van der Waals surface area contributed by atoms with Gasteiger partial charge in [-0.1, -0.05) is 0 Å². The Morgan fingerprint density at radius 2 is 1.80 bits per heavy atom. The molecule has 114 valence electrons. The quantitative estimate of drug-likeness (QED) is 0.718. The molecule has 0 aliphatic heterocycles. The molecular weight excluding hydrogens is 250 g/mol. The van der Waals surface area contributed by atoms with Gasteiger partial charge in [-0.05, 0) is 40.7 Å². The number of rotatable bonds is 8. The minimum Gasteiger partial charge on any atom is -0.494 e. The predicted octanol–water partition coefficient (Wildman–Crippen LogP) is 3.20. The molecule has 0 aliphatic rings. The molecule has 20 heavy (non-hydrogen) atoms. The topological polar surface area (TPSA) is 50.5 Å². The van der Waals surface area contributed by atoms with E-state index in [1.165, 1.54) is 0 Å². The van der Waals surface area contributed by atoms with Crippen LogP contribution < -0.4 is 15.8 Å². The Balaban J connectivity index is 2.56. The molecule has 0 bridgehead atoms. The third kappa shape index (κ3) is 5.29. The highest BCUT2D eigenvalue weighted by Gasteiger charge is 2.12. The average Bonchev–Trinajstić information content (AvgIpc) is 2.33. The van der Waals surface area contributed by atoms with Crippen molar-refractivity contribution in [2.24, 2.45) is 0 Å². The highest BCUT2D eigenvalue weighted by molar-refractivity contribution is 5.59. The number of ether oxygens (including phenoxy) is 1. The molecule has 1 aromatic rings. The summed E-state index contributed by atoms with van der Waals surface area (Å²) in [6.07, 6.45) is 0. The number of nitrogens with two attached hydrogens (primary N) is 1. The van der Waals surface area contributed by atoms with E-state index in [0.717, 1.165) is 30.2 Å². The molecule has 0 amide bonds. The van der Waals surface area contributed by atoms with Gasteiger partial charge in [0, 0.05) is 48.7 Å². The summed E-state index contributed by atoms with van der Waals surface area (Å²) in [6, 6.07) is 6.89. The molecular formula is C16H29N3O. The SMILES string of the molecule is CCOc1cc(N)cc(NCCN(C(C)C)C(C)C)c1. The lowest BCUT2D eigenvalue weighted by atomic mass is 10.2. The van der Waals surface area contributed by atoms with Gasteiger partial charge in [0.1, 0.15) is 5.75 Å². The number of nitrogen functional groups attached to an aromatic ring is 1. The van der Waals surface area contributed by atoms with Crippen molar-refractivity contribution in [3.05, 3.63) is 18.2 Å². The molecule has 0 heterocycles. The van der Waals surface area contributed by atoms with Crippen molar-refractivity contribution >= 4 is 11.4 Å². The van der Waals surface area contributed by atoms with E-state index in [0.29, 0.717) is 18.7 Å². The Bertz CT molecular complexity index is 397. The van der Waals surface area contributed by atoms with Crippen molar-refractivity contribution in [1.82, 2.24) is 4.90 Å². The standard InChI is InChI=1S/C16H29N3O/c1-6-20-16-10-14(17)9-15(11-16)18-7-8-19(12(2)3)13(4)5/h9-13,18H,6-8,17H2,1-5H3. The normalized spacial score (nSPS) is 11.4. The van der Waals surface area contributed by atoms with E-state index >= 15 is 0 Å². The van der Waals surface area contributed by atoms with Gasteiger partial charge in [-0.3, -0.25) is 4.90 Å². The Morgan fingerprint density at radius 1 is 1.15 bits per heavy atom. The lowest BCUT2D eigenvalue weighted by Gasteiger charge is -2.30. The fraction of sp³-hybridized carbons (Fsp3) is 0.625. The molecule has 4 heteroatoms. The molecule has 0 fully saturated rings. The summed E-state index contributed by atoms with van der Waals surface area (Å²) in [5.41, 5.74) is 7.63. The van der Waals surface area contributed by atoms with Crippen molar-refractivity contribution in [2.75, 3.05) is 30.7 Å². The molecule has 1 rings (SSSR count). The van der Waals surface area contributed by atoms with Crippen molar-refractivity contribution in [3.8, 4) is 5.75 Å². The Morgan fingerprint density at radius 3 is 2.35 bits per heavy atom. The van der Waals surface area contributed by atoms with E-state index in [-0.39, 0.29) is 0 Å². The molecule has 0 unspecified atom stereocenters. The number of hydrogen-bond donors (Lipinski definition) is 2. The summed E-state index contributed by atoms with van der Waals surface area (Å²) < 4.78 is 5.50. The molecule has 0 saturated carbocycles. The van der Waals surface area contributed by atoms with Crippen LogP contribution in [0, 0.1) is 0 Å². The predicted molar refractivity (Wildman–Crippen MR) is 87.5 cm³/mol. The minimum atomic E-state index is 0.552. The second-order valence-corrected chi connectivity index (χ2v) is 5.58. The van der Waals surface area contributed by atoms with Crippen LogP contribution in [0.25, 0.3) is 0 Å². The maximum atomic E-state index is 5.89. The summed E-state index contributed by atoms with van der Waals surface area (Å²) >= 11 is 0. The van der Waals surface area contributed by atoms with Crippen molar-refractivity contribution in [1.29, 1.82) is 0 Å². The van der Waals surface area contributed by atoms with Crippen LogP contribution in [0.4, 0.5) is 11.4 Å². The van der Waals surface area contributed by atoms with E-state index in [2.05, 4.69) is 37.9 Å². The van der Waals surface area contributed by atoms with Crippen molar-refractivity contribution in [3.63, 3.8) is 0 Å². The molecule has 0 radical (unpaired) electrons. The zero-order valence-electron chi connectivity index (χ0n) is 13.4. The van der Waals surface area contributed by atoms with Gasteiger partial charge < -0.3 is 15.8 Å². The highest BCUT2D eigenvalue weighted by Crippen LogP contribution is 2.22. The highest BCUT2D eigenvalue weighted by atomic mass is 16.5. The third-order valence-corrected chi connectivity index (χ3v) is 3.27. The van der Waals surface area contributed by atoms with Crippen LogP contribution >= 0.6 is 0 Å². The lowest BCUT2D eigenvalue weighted by Crippen LogP contribution is -2.40. The lowest BCUT2D eigenvalue weighted by molar-refractivity contribution is 0.182. The van der Waals surface area contributed by atoms with Crippen LogP contribution in [0.15, 0.2) is 18.2 Å². The molecule has 3 N–H and O–H groups in total. The third-order valence-electron chi connectivity index (χ3n) is 3.27. The van der Waals surface area contributed by atoms with Gasteiger partial charge in [0.25, 0.3) is 0 Å². The minimum absolute atomic E-state index is 0.552. The van der Waals surface area contributed by atoms with Gasteiger partial charge in [0.15, 0.2) is 0 Å². The van der Waals surface area contributed by atoms with Crippen LogP contribution in [0.2, 0.25) is 0 Å². The first-order valence-corrected chi connectivity index (χ1v) is 7.47. The van der Waals surface area contributed by atoms with E-state index in [1.807, 2.05) is 25.1 Å². The molecule has 0 saturated heterocycles. The first-order chi connectivity index (χ1) is 9.43. The Hall–Kier alpha value is -1.42. The zero-order valence-corrected chi connectivity index (χ0v) is 13.4. The first kappa shape index (κ1) is 16.6. The number of anilines is 2. The summed E-state index contributed by atoms with van der Waals surface area (Å²) in [6.45, 7) is 13.4. The number of nitrogens with zero attached hydrogens (tertiary/aromatic N) is 1. The zero-order chi connectivity index (χ0) is 15.1. The summed E-state index contributed by atoms with van der Waals surface area (Å²) in [5, 5.41) is 3.42. The largest absolute Gasteiger partial charge is 0.494 e. The molecule has 4 nitrogen and oxygen atoms in total. The van der Waals surface area contributed by atoms with Gasteiger partial charge >= 0.3 is 0 Å². The van der Waals surface area contributed by atoms with Gasteiger partial charge in [0.05, 0.1) is 6.61 Å². The molecule has 0 spiro atoms. The van der Waals surface area contributed by atoms with E-state index in [9.17, 15) is 0 Å². The smallest absolute Gasteiger partial charge is 0.123 e. The van der Waals surface area contributed by atoms with Crippen molar-refractivity contribution < 1.29 is 4.74 Å². The molecule has 0 aromatic heterocycles. The van der Waals surface area contributed by atoms with Crippen LogP contribution in [0.3, 0.4) is 0 Å². The molecule has 1 aromatic carbocycles. The van der Waals surface area contributed by atoms with Gasteiger partial charge in [0.2, 0.25) is 0 Å². The summed E-state index contributed by atoms with van der Waals surface area (Å²) in [7, 11) is 0. The first-order valence-electron chi connectivity index (χ1n) is 7.47. The summed E-state index contributed by atoms with van der Waals surface area (Å²) in [4.78, 5) is 2.46. The van der Waals surface area contributed by atoms with Crippen LogP contribution in [0.1, 0.15) is 34.6 Å². The van der Waals surface area contributed by atoms with Crippen LogP contribution in [-0.2, 0) is 0 Å². The molecule has 0 atom stereocenters. The second-order valence-electron chi connectivity index (χ2n) is 5.58. The van der Waals surface area contributed by atoms with Crippen molar-refractivity contribution in [2.45, 2.75) is 46.7 Å². The monoisotopic (exact) mass is 279 g/mol. The van der Waals surface area contributed by atoms with Crippen LogP contribution in [0.5, 0.6) is 5.75 Å². The van der Waals surface area contributed by atoms with E-state index in [1.54, 1.807) is 0 Å². The second kappa shape index (κ2) is 8.00. The Kier molecular flexibility index (Phi) is 6.65. The van der Waals surface area contributed by atoms with Gasteiger partial charge in [-0.15, -0.1) is 0 Å². The number of benzene rings is 1. The van der Waals surface area contributed by atoms with E-state index in [4.69, 9.17) is 10.5 Å². The number of hydrogen-bond acceptors (Lipinski definition) is 4. The Labute approximate surface area is 123 Å². The number of nitrogens with one attached hydrogen (secondary N) is 1. The van der Waals surface area contributed by atoms with Crippen LogP contribution in [-0.4, -0.2) is 36.7 Å². The maximum absolute atomic E-state index is 5.89. The molecule has 0 aliphatic carbocycles. The maximum Gasteiger partial charge on any atom is 0.123 e. The van der Waals surface area contributed by atoms with Gasteiger partial charge in [-0.2, -0.15) is 0 Å². The van der Waals surface area contributed by atoms with E-state index < -0.39 is 0 Å². The van der Waals surface area contributed by atoms with Gasteiger partial charge in [-0.25, -0.2) is 0 Å². The fourth-order valence-electron chi connectivity index (χ4n) is 2.42. The fourth-order valence-corrected chi connectivity index (χ4v) is 2.42. The average molecular weight is 279 g/mol.